The van der Waals surface area contributed by atoms with E-state index in [9.17, 15) is 13.6 Å². The number of anilines is 1. The van der Waals surface area contributed by atoms with Gasteiger partial charge in [0.15, 0.2) is 0 Å². The minimum absolute atomic E-state index is 0.134. The first kappa shape index (κ1) is 11.8. The fourth-order valence-corrected chi connectivity index (χ4v) is 1.64. The van der Waals surface area contributed by atoms with Crippen LogP contribution in [0.5, 0.6) is 0 Å². The van der Waals surface area contributed by atoms with Gasteiger partial charge >= 0.3 is 6.03 Å². The minimum atomic E-state index is -0.632. The first-order valence-electron chi connectivity index (χ1n) is 5.59. The van der Waals surface area contributed by atoms with Gasteiger partial charge in [-0.05, 0) is 37.8 Å². The van der Waals surface area contributed by atoms with Crippen LogP contribution in [0.3, 0.4) is 0 Å². The van der Waals surface area contributed by atoms with Crippen LogP contribution in [0, 0.1) is 18.6 Å². The Hall–Kier alpha value is -1.65. The number of aryl methyl sites for hydroxylation is 1. The third-order valence-electron chi connectivity index (χ3n) is 2.94. The smallest absolute Gasteiger partial charge is 0.319 e. The van der Waals surface area contributed by atoms with Gasteiger partial charge in [-0.25, -0.2) is 13.6 Å². The van der Waals surface area contributed by atoms with Gasteiger partial charge in [0.1, 0.15) is 11.6 Å². The molecule has 1 fully saturated rings. The Kier molecular flexibility index (Phi) is 3.26. The number of rotatable bonds is 2. The number of nitrogens with one attached hydrogen (secondary N) is 2. The van der Waals surface area contributed by atoms with Crippen LogP contribution in [0.1, 0.15) is 24.8 Å². The first-order chi connectivity index (χ1) is 8.06. The molecule has 1 aromatic rings. The molecule has 1 saturated carbocycles. The molecule has 2 rings (SSSR count). The van der Waals surface area contributed by atoms with E-state index in [0.29, 0.717) is 0 Å². The summed E-state index contributed by atoms with van der Waals surface area (Å²) in [6.07, 6.45) is 2.98. The molecule has 0 heterocycles. The van der Waals surface area contributed by atoms with Crippen molar-refractivity contribution in [1.29, 1.82) is 0 Å². The van der Waals surface area contributed by atoms with E-state index < -0.39 is 17.7 Å². The van der Waals surface area contributed by atoms with Crippen LogP contribution in [0.15, 0.2) is 12.1 Å². The molecule has 0 saturated heterocycles. The lowest BCUT2D eigenvalue weighted by atomic mass is 9.93. The first-order valence-corrected chi connectivity index (χ1v) is 5.59. The summed E-state index contributed by atoms with van der Waals surface area (Å²) in [4.78, 5) is 11.5. The van der Waals surface area contributed by atoms with Gasteiger partial charge in [-0.15, -0.1) is 0 Å². The van der Waals surface area contributed by atoms with E-state index in [0.717, 1.165) is 31.4 Å². The van der Waals surface area contributed by atoms with Crippen LogP contribution >= 0.6 is 0 Å². The molecular weight excluding hydrogens is 226 g/mol. The van der Waals surface area contributed by atoms with E-state index in [-0.39, 0.29) is 17.3 Å². The van der Waals surface area contributed by atoms with Gasteiger partial charge in [-0.1, -0.05) is 0 Å². The topological polar surface area (TPSA) is 41.1 Å². The third kappa shape index (κ3) is 2.72. The summed E-state index contributed by atoms with van der Waals surface area (Å²) in [5, 5.41) is 5.00. The van der Waals surface area contributed by atoms with Gasteiger partial charge in [0.2, 0.25) is 0 Å². The summed E-state index contributed by atoms with van der Waals surface area (Å²) in [6.45, 7) is 1.47. The van der Waals surface area contributed by atoms with Gasteiger partial charge in [0.25, 0.3) is 0 Å². The summed E-state index contributed by atoms with van der Waals surface area (Å²) >= 11 is 0. The van der Waals surface area contributed by atoms with Crippen molar-refractivity contribution in [3.05, 3.63) is 29.3 Å². The van der Waals surface area contributed by atoms with Crippen LogP contribution in [0.4, 0.5) is 19.3 Å². The number of halogens is 2. The molecule has 0 unspecified atom stereocenters. The Bertz CT molecular complexity index is 444. The average Bonchev–Trinajstić information content (AvgIpc) is 2.20. The second-order valence-corrected chi connectivity index (χ2v) is 4.31. The highest BCUT2D eigenvalue weighted by atomic mass is 19.1. The molecule has 17 heavy (non-hydrogen) atoms. The molecule has 0 radical (unpaired) electrons. The van der Waals surface area contributed by atoms with Gasteiger partial charge in [-0.3, -0.25) is 0 Å². The largest absolute Gasteiger partial charge is 0.335 e. The van der Waals surface area contributed by atoms with E-state index in [1.807, 2.05) is 0 Å². The number of benzene rings is 1. The Morgan fingerprint density at radius 1 is 1.29 bits per heavy atom. The lowest BCUT2D eigenvalue weighted by molar-refractivity contribution is 0.240. The molecule has 92 valence electrons. The van der Waals surface area contributed by atoms with E-state index in [1.54, 1.807) is 0 Å². The third-order valence-corrected chi connectivity index (χ3v) is 2.94. The lowest BCUT2D eigenvalue weighted by Crippen LogP contribution is -2.42. The summed E-state index contributed by atoms with van der Waals surface area (Å²) in [7, 11) is 0. The summed E-state index contributed by atoms with van der Waals surface area (Å²) in [5.41, 5.74) is 0.0809. The quantitative estimate of drug-likeness (QED) is 0.819. The monoisotopic (exact) mass is 240 g/mol. The van der Waals surface area contributed by atoms with Crippen LogP contribution in [0.2, 0.25) is 0 Å². The van der Waals surface area contributed by atoms with Gasteiger partial charge in [-0.2, -0.15) is 0 Å². The normalized spacial score (nSPS) is 15.2. The number of amides is 2. The van der Waals surface area contributed by atoms with E-state index >= 15 is 0 Å². The molecule has 5 heteroatoms. The zero-order valence-corrected chi connectivity index (χ0v) is 9.52. The molecule has 1 aromatic carbocycles. The average molecular weight is 240 g/mol. The molecule has 0 spiro atoms. The highest BCUT2D eigenvalue weighted by Crippen LogP contribution is 2.20. The van der Waals surface area contributed by atoms with Crippen molar-refractivity contribution in [3.63, 3.8) is 0 Å². The van der Waals surface area contributed by atoms with Gasteiger partial charge in [0, 0.05) is 12.1 Å². The molecule has 2 N–H and O–H groups in total. The Morgan fingerprint density at radius 2 is 2.00 bits per heavy atom. The van der Waals surface area contributed by atoms with Crippen molar-refractivity contribution in [2.75, 3.05) is 5.32 Å². The zero-order chi connectivity index (χ0) is 12.4. The van der Waals surface area contributed by atoms with Crippen LogP contribution in [0.25, 0.3) is 0 Å². The van der Waals surface area contributed by atoms with E-state index in [4.69, 9.17) is 0 Å². The van der Waals surface area contributed by atoms with Crippen LogP contribution < -0.4 is 10.6 Å². The Balaban J connectivity index is 2.02. The second-order valence-electron chi connectivity index (χ2n) is 4.31. The standard InChI is InChI=1S/C12H14F2N2O/c1-7-5-10(14)11(6-9(7)13)16-12(17)15-8-3-2-4-8/h5-6,8H,2-4H2,1H3,(H2,15,16,17). The fourth-order valence-electron chi connectivity index (χ4n) is 1.64. The molecular formula is C12H14F2N2O. The maximum absolute atomic E-state index is 13.4. The summed E-state index contributed by atoms with van der Waals surface area (Å²) in [6, 6.07) is 1.73. The Labute approximate surface area is 98.2 Å². The van der Waals surface area contributed by atoms with Crippen LogP contribution in [-0.2, 0) is 0 Å². The molecule has 1 aliphatic rings. The lowest BCUT2D eigenvalue weighted by Gasteiger charge is -2.26. The number of hydrogen-bond donors (Lipinski definition) is 2. The second kappa shape index (κ2) is 4.69. The molecule has 0 atom stereocenters. The van der Waals surface area contributed by atoms with Crippen molar-refractivity contribution in [3.8, 4) is 0 Å². The van der Waals surface area contributed by atoms with Crippen molar-refractivity contribution < 1.29 is 13.6 Å². The van der Waals surface area contributed by atoms with Crippen LogP contribution in [-0.4, -0.2) is 12.1 Å². The maximum atomic E-state index is 13.4. The predicted octanol–water partition coefficient (Wildman–Crippen LogP) is 2.95. The van der Waals surface area contributed by atoms with Crippen molar-refractivity contribution >= 4 is 11.7 Å². The summed E-state index contributed by atoms with van der Waals surface area (Å²) < 4.78 is 26.6. The molecule has 0 aliphatic heterocycles. The minimum Gasteiger partial charge on any atom is -0.335 e. The van der Waals surface area contributed by atoms with Crippen molar-refractivity contribution in [2.45, 2.75) is 32.2 Å². The molecule has 2 amide bonds. The highest BCUT2D eigenvalue weighted by molar-refractivity contribution is 5.89. The van der Waals surface area contributed by atoms with Gasteiger partial charge in [0.05, 0.1) is 5.69 Å². The van der Waals surface area contributed by atoms with Crippen molar-refractivity contribution in [1.82, 2.24) is 5.32 Å². The molecule has 1 aliphatic carbocycles. The number of carbonyl (C=O) groups is 1. The zero-order valence-electron chi connectivity index (χ0n) is 9.52. The van der Waals surface area contributed by atoms with E-state index in [1.165, 1.54) is 6.92 Å². The predicted molar refractivity (Wildman–Crippen MR) is 60.9 cm³/mol. The van der Waals surface area contributed by atoms with Gasteiger partial charge < -0.3 is 10.6 Å². The van der Waals surface area contributed by atoms with Crippen molar-refractivity contribution in [2.24, 2.45) is 0 Å². The number of carbonyl (C=O) groups excluding carboxylic acids is 1. The fraction of sp³-hybridized carbons (Fsp3) is 0.417. The number of hydrogen-bond acceptors (Lipinski definition) is 1. The maximum Gasteiger partial charge on any atom is 0.319 e. The van der Waals surface area contributed by atoms with E-state index in [2.05, 4.69) is 10.6 Å². The molecule has 0 bridgehead atoms. The summed E-state index contributed by atoms with van der Waals surface area (Å²) in [5.74, 6) is -1.17. The molecule has 3 nitrogen and oxygen atoms in total. The highest BCUT2D eigenvalue weighted by Gasteiger charge is 2.20. The number of urea groups is 1. The molecule has 0 aromatic heterocycles. The SMILES string of the molecule is Cc1cc(F)c(NC(=O)NC2CCC2)cc1F. The Morgan fingerprint density at radius 3 is 2.59 bits per heavy atom.